The van der Waals surface area contributed by atoms with Crippen molar-refractivity contribution in [3.8, 4) is 0 Å². The van der Waals surface area contributed by atoms with E-state index >= 15 is 0 Å². The number of rotatable bonds is 4. The van der Waals surface area contributed by atoms with Gasteiger partial charge in [-0.2, -0.15) is 0 Å². The Labute approximate surface area is 118 Å². The summed E-state index contributed by atoms with van der Waals surface area (Å²) in [6.07, 6.45) is 6.05. The van der Waals surface area contributed by atoms with E-state index < -0.39 is 0 Å². The molecule has 0 saturated heterocycles. The number of aryl methyl sites for hydroxylation is 1. The first-order chi connectivity index (χ1) is 9.88. The van der Waals surface area contributed by atoms with Crippen molar-refractivity contribution in [1.82, 2.24) is 9.97 Å². The molecule has 0 aliphatic heterocycles. The van der Waals surface area contributed by atoms with Crippen molar-refractivity contribution in [3.63, 3.8) is 0 Å². The summed E-state index contributed by atoms with van der Waals surface area (Å²) in [5.41, 5.74) is 3.44. The van der Waals surface area contributed by atoms with E-state index in [0.717, 1.165) is 29.9 Å². The monoisotopic (exact) mass is 269 g/mol. The van der Waals surface area contributed by atoms with Crippen LogP contribution in [0.4, 0.5) is 5.82 Å². The summed E-state index contributed by atoms with van der Waals surface area (Å²) in [7, 11) is 0. The first-order valence-corrected chi connectivity index (χ1v) is 7.13. The second-order valence-corrected chi connectivity index (χ2v) is 5.14. The minimum atomic E-state index is -0.128. The molecule has 104 valence electrons. The highest BCUT2D eigenvalue weighted by Gasteiger charge is 2.18. The molecule has 0 amide bonds. The third-order valence-electron chi connectivity index (χ3n) is 3.82. The molecule has 1 unspecified atom stereocenters. The van der Waals surface area contributed by atoms with Crippen molar-refractivity contribution in [2.75, 3.05) is 11.9 Å². The maximum absolute atomic E-state index is 9.64. The Morgan fingerprint density at radius 2 is 1.90 bits per heavy atom. The lowest BCUT2D eigenvalue weighted by Gasteiger charge is -2.22. The molecular weight excluding hydrogens is 250 g/mol. The lowest BCUT2D eigenvalue weighted by atomic mass is 9.96. The van der Waals surface area contributed by atoms with E-state index in [0.29, 0.717) is 0 Å². The maximum atomic E-state index is 9.64. The van der Waals surface area contributed by atoms with Crippen LogP contribution in [0.15, 0.2) is 36.7 Å². The van der Waals surface area contributed by atoms with Crippen LogP contribution in [-0.4, -0.2) is 21.7 Å². The van der Waals surface area contributed by atoms with E-state index in [9.17, 15) is 5.11 Å². The Morgan fingerprint density at radius 1 is 1.10 bits per heavy atom. The number of benzene rings is 1. The fourth-order valence-electron chi connectivity index (χ4n) is 2.73. The zero-order chi connectivity index (χ0) is 13.8. The summed E-state index contributed by atoms with van der Waals surface area (Å²) < 4.78 is 0. The molecule has 0 fully saturated rings. The minimum Gasteiger partial charge on any atom is -0.394 e. The van der Waals surface area contributed by atoms with Crippen LogP contribution in [-0.2, 0) is 12.8 Å². The fraction of sp³-hybridized carbons (Fsp3) is 0.375. The van der Waals surface area contributed by atoms with Gasteiger partial charge in [0.15, 0.2) is 0 Å². The molecule has 1 aromatic heterocycles. The fourth-order valence-corrected chi connectivity index (χ4v) is 2.73. The molecule has 20 heavy (non-hydrogen) atoms. The summed E-state index contributed by atoms with van der Waals surface area (Å²) in [6.45, 7) is 0.0444. The van der Waals surface area contributed by atoms with Crippen LogP contribution in [0.1, 0.15) is 35.7 Å². The second kappa shape index (κ2) is 6.01. The maximum Gasteiger partial charge on any atom is 0.133 e. The van der Waals surface area contributed by atoms with E-state index in [1.54, 1.807) is 6.33 Å². The number of aliphatic hydroxyl groups excluding tert-OH is 1. The molecular formula is C16H19N3O. The standard InChI is InChI=1S/C16H19N3O/c20-10-15(12-6-2-1-3-7-12)19-16-13-8-4-5-9-14(13)17-11-18-16/h1-3,6-7,11,15,20H,4-5,8-10H2,(H,17,18,19). The second-order valence-electron chi connectivity index (χ2n) is 5.14. The van der Waals surface area contributed by atoms with Crippen LogP contribution >= 0.6 is 0 Å². The van der Waals surface area contributed by atoms with Gasteiger partial charge in [0.25, 0.3) is 0 Å². The average Bonchev–Trinajstić information content (AvgIpc) is 2.53. The SMILES string of the molecule is OCC(Nc1ncnc2c1CCCC2)c1ccccc1. The van der Waals surface area contributed by atoms with Crippen molar-refractivity contribution >= 4 is 5.82 Å². The quantitative estimate of drug-likeness (QED) is 0.895. The van der Waals surface area contributed by atoms with Gasteiger partial charge in [-0.15, -0.1) is 0 Å². The largest absolute Gasteiger partial charge is 0.394 e. The van der Waals surface area contributed by atoms with Gasteiger partial charge in [-0.25, -0.2) is 9.97 Å². The Hall–Kier alpha value is -1.94. The van der Waals surface area contributed by atoms with Gasteiger partial charge in [0.1, 0.15) is 12.1 Å². The normalized spacial score (nSPS) is 15.4. The zero-order valence-electron chi connectivity index (χ0n) is 11.4. The molecule has 3 rings (SSSR count). The number of nitrogens with one attached hydrogen (secondary N) is 1. The Kier molecular flexibility index (Phi) is 3.92. The summed E-state index contributed by atoms with van der Waals surface area (Å²) in [6, 6.07) is 9.84. The first kappa shape index (κ1) is 13.1. The molecule has 2 N–H and O–H groups in total. The van der Waals surface area contributed by atoms with E-state index in [2.05, 4.69) is 15.3 Å². The van der Waals surface area contributed by atoms with Crippen molar-refractivity contribution in [1.29, 1.82) is 0 Å². The van der Waals surface area contributed by atoms with E-state index in [4.69, 9.17) is 0 Å². The predicted octanol–water partition coefficient (Wildman–Crippen LogP) is 2.50. The Bertz CT molecular complexity index is 571. The van der Waals surface area contributed by atoms with Crippen LogP contribution in [0.3, 0.4) is 0 Å². The molecule has 4 heteroatoms. The molecule has 1 heterocycles. The number of hydrogen-bond donors (Lipinski definition) is 2. The molecule has 0 spiro atoms. The highest BCUT2D eigenvalue weighted by molar-refractivity contribution is 5.48. The number of anilines is 1. The van der Waals surface area contributed by atoms with Crippen molar-refractivity contribution in [3.05, 3.63) is 53.5 Å². The smallest absolute Gasteiger partial charge is 0.133 e. The van der Waals surface area contributed by atoms with Crippen LogP contribution in [0.2, 0.25) is 0 Å². The van der Waals surface area contributed by atoms with Crippen LogP contribution in [0.5, 0.6) is 0 Å². The van der Waals surface area contributed by atoms with Gasteiger partial charge in [-0.1, -0.05) is 30.3 Å². The Morgan fingerprint density at radius 3 is 2.70 bits per heavy atom. The van der Waals surface area contributed by atoms with Gasteiger partial charge in [0, 0.05) is 11.3 Å². The van der Waals surface area contributed by atoms with Gasteiger partial charge < -0.3 is 10.4 Å². The molecule has 2 aromatic rings. The molecule has 1 aromatic carbocycles. The van der Waals surface area contributed by atoms with Crippen LogP contribution < -0.4 is 5.32 Å². The van der Waals surface area contributed by atoms with E-state index in [1.807, 2.05) is 30.3 Å². The summed E-state index contributed by atoms with van der Waals surface area (Å²) in [5, 5.41) is 13.0. The highest BCUT2D eigenvalue weighted by atomic mass is 16.3. The van der Waals surface area contributed by atoms with E-state index in [1.165, 1.54) is 18.4 Å². The number of nitrogens with zero attached hydrogens (tertiary/aromatic N) is 2. The first-order valence-electron chi connectivity index (χ1n) is 7.13. The number of hydrogen-bond acceptors (Lipinski definition) is 4. The molecule has 1 aliphatic carbocycles. The molecule has 0 saturated carbocycles. The lowest BCUT2D eigenvalue weighted by molar-refractivity contribution is 0.276. The third-order valence-corrected chi connectivity index (χ3v) is 3.82. The van der Waals surface area contributed by atoms with Crippen molar-refractivity contribution < 1.29 is 5.11 Å². The van der Waals surface area contributed by atoms with Gasteiger partial charge in [0.2, 0.25) is 0 Å². The average molecular weight is 269 g/mol. The van der Waals surface area contributed by atoms with Gasteiger partial charge in [-0.3, -0.25) is 0 Å². The molecule has 1 atom stereocenters. The van der Waals surface area contributed by atoms with Gasteiger partial charge >= 0.3 is 0 Å². The molecule has 4 nitrogen and oxygen atoms in total. The van der Waals surface area contributed by atoms with Gasteiger partial charge in [0.05, 0.1) is 12.6 Å². The predicted molar refractivity (Wildman–Crippen MR) is 78.6 cm³/mol. The third kappa shape index (κ3) is 2.65. The highest BCUT2D eigenvalue weighted by Crippen LogP contribution is 2.27. The van der Waals surface area contributed by atoms with Crippen molar-refractivity contribution in [2.24, 2.45) is 0 Å². The molecule has 0 bridgehead atoms. The summed E-state index contributed by atoms with van der Waals surface area (Å²) >= 11 is 0. The molecule has 1 aliphatic rings. The van der Waals surface area contributed by atoms with E-state index in [-0.39, 0.29) is 12.6 Å². The van der Waals surface area contributed by atoms with Crippen LogP contribution in [0.25, 0.3) is 0 Å². The van der Waals surface area contributed by atoms with Gasteiger partial charge in [-0.05, 0) is 31.2 Å². The summed E-state index contributed by atoms with van der Waals surface area (Å²) in [5.74, 6) is 0.873. The molecule has 0 radical (unpaired) electrons. The number of aromatic nitrogens is 2. The zero-order valence-corrected chi connectivity index (χ0v) is 11.4. The number of fused-ring (bicyclic) bond motifs is 1. The minimum absolute atomic E-state index is 0.0444. The van der Waals surface area contributed by atoms with Crippen molar-refractivity contribution in [2.45, 2.75) is 31.7 Å². The Balaban J connectivity index is 1.87. The summed E-state index contributed by atoms with van der Waals surface area (Å²) in [4.78, 5) is 8.74. The topological polar surface area (TPSA) is 58.0 Å². The number of aliphatic hydroxyl groups is 1. The van der Waals surface area contributed by atoms with Crippen LogP contribution in [0, 0.1) is 0 Å². The lowest BCUT2D eigenvalue weighted by Crippen LogP contribution is -2.19.